The van der Waals surface area contributed by atoms with E-state index in [9.17, 15) is 0 Å². The second-order valence-corrected chi connectivity index (χ2v) is 1.93. The maximum absolute atomic E-state index is 3.85. The first kappa shape index (κ1) is 4.61. The van der Waals surface area contributed by atoms with Crippen molar-refractivity contribution in [3.63, 3.8) is 0 Å². The summed E-state index contributed by atoms with van der Waals surface area (Å²) in [6.45, 7) is 3.46. The molecule has 0 aromatic heterocycles. The van der Waals surface area contributed by atoms with Crippen molar-refractivity contribution < 1.29 is 0 Å². The van der Waals surface area contributed by atoms with E-state index in [0.29, 0.717) is 0 Å². The molecule has 0 aromatic carbocycles. The first-order valence-corrected chi connectivity index (χ1v) is 2.75. The van der Waals surface area contributed by atoms with Crippen LogP contribution in [0.1, 0.15) is 25.7 Å². The lowest BCUT2D eigenvalue weighted by atomic mass is 10.3. The largest absolute Gasteiger partial charge is 0.279 e. The van der Waals surface area contributed by atoms with Gasteiger partial charge in [0.25, 0.3) is 12.4 Å². The lowest BCUT2D eigenvalue weighted by Gasteiger charge is -1.64. The fraction of sp³-hybridized carbons (Fsp3) is 0.667. The van der Waals surface area contributed by atoms with Gasteiger partial charge in [0.15, 0.2) is 0 Å². The van der Waals surface area contributed by atoms with E-state index in [1.807, 2.05) is 0 Å². The molecule has 0 amide bonds. The van der Waals surface area contributed by atoms with Crippen LogP contribution in [0.4, 0.5) is 0 Å². The predicted molar refractivity (Wildman–Crippen MR) is 32.7 cm³/mol. The van der Waals surface area contributed by atoms with Crippen LogP contribution in [0.3, 0.4) is 0 Å². The molecule has 38 valence electrons. The van der Waals surface area contributed by atoms with Gasteiger partial charge in [-0.25, -0.2) is 0 Å². The monoisotopic (exact) mass is 96.1 g/mol. The van der Waals surface area contributed by atoms with E-state index in [2.05, 4.69) is 11.4 Å². The van der Waals surface area contributed by atoms with Crippen molar-refractivity contribution in [2.45, 2.75) is 25.7 Å². The van der Waals surface area contributed by atoms with Gasteiger partial charge in [-0.05, 0) is 12.8 Å². The van der Waals surface area contributed by atoms with Gasteiger partial charge in [0.1, 0.15) is 0 Å². The average Bonchev–Trinajstić information content (AvgIpc) is 2.14. The highest BCUT2D eigenvalue weighted by molar-refractivity contribution is 5.85. The highest BCUT2D eigenvalue weighted by Gasteiger charge is 2.14. The minimum Gasteiger partial charge on any atom is -0.111 e. The third-order valence-electron chi connectivity index (χ3n) is 1.40. The molecule has 0 aromatic rings. The number of nitrogens with zero attached hydrogens (tertiary/aromatic N) is 1. The zero-order valence-electron chi connectivity index (χ0n) is 4.48. The lowest BCUT2D eigenvalue weighted by molar-refractivity contribution is 0.886. The van der Waals surface area contributed by atoms with Gasteiger partial charge in [-0.1, -0.05) is 0 Å². The third-order valence-corrected chi connectivity index (χ3v) is 1.40. The van der Waals surface area contributed by atoms with Gasteiger partial charge in [-0.3, -0.25) is 0 Å². The fourth-order valence-electron chi connectivity index (χ4n) is 0.941. The molecule has 0 heterocycles. The zero-order chi connectivity index (χ0) is 5.11. The molecule has 0 spiro atoms. The van der Waals surface area contributed by atoms with E-state index >= 15 is 0 Å². The van der Waals surface area contributed by atoms with Crippen molar-refractivity contribution in [3.05, 3.63) is 0 Å². The van der Waals surface area contributed by atoms with Crippen LogP contribution in [0.25, 0.3) is 0 Å². The minimum atomic E-state index is 1.20. The summed E-state index contributed by atoms with van der Waals surface area (Å²) in [5, 5.41) is 0. The Labute approximate surface area is 43.8 Å². The molecule has 1 rings (SSSR count). The maximum atomic E-state index is 3.85. The number of hydrogen-bond donors (Lipinski definition) is 0. The molecule has 0 aliphatic heterocycles. The van der Waals surface area contributed by atoms with Crippen molar-refractivity contribution in [1.29, 1.82) is 0 Å². The van der Waals surface area contributed by atoms with Crippen molar-refractivity contribution >= 4 is 12.4 Å². The van der Waals surface area contributed by atoms with Gasteiger partial charge in [0.2, 0.25) is 0 Å². The van der Waals surface area contributed by atoms with Crippen LogP contribution in [0.5, 0.6) is 0 Å². The molecule has 1 saturated carbocycles. The zero-order valence-corrected chi connectivity index (χ0v) is 4.48. The second kappa shape index (κ2) is 1.94. The Morgan fingerprint density at radius 2 is 1.86 bits per heavy atom. The molecule has 0 unspecified atom stereocenters. The maximum Gasteiger partial charge on any atom is 0.279 e. The summed E-state index contributed by atoms with van der Waals surface area (Å²) in [5.41, 5.74) is 1.31. The van der Waals surface area contributed by atoms with E-state index in [0.717, 1.165) is 0 Å². The molecule has 0 N–H and O–H groups in total. The first-order valence-electron chi connectivity index (χ1n) is 2.75. The molecule has 7 heavy (non-hydrogen) atoms. The molecule has 1 aliphatic carbocycles. The summed E-state index contributed by atoms with van der Waals surface area (Å²) in [5.74, 6) is 0. The molecule has 0 saturated heterocycles. The van der Waals surface area contributed by atoms with Gasteiger partial charge in [-0.15, -0.1) is 4.67 Å². The molecule has 1 fully saturated rings. The Morgan fingerprint density at radius 3 is 2.14 bits per heavy atom. The Morgan fingerprint density at radius 1 is 1.29 bits per heavy atom. The van der Waals surface area contributed by atoms with Crippen molar-refractivity contribution in [2.75, 3.05) is 0 Å². The van der Waals surface area contributed by atoms with Crippen LogP contribution >= 0.6 is 0 Å². The quantitative estimate of drug-likeness (QED) is 0.312. The van der Waals surface area contributed by atoms with Gasteiger partial charge >= 0.3 is 0 Å². The summed E-state index contributed by atoms with van der Waals surface area (Å²) >= 11 is 0. The highest BCUT2D eigenvalue weighted by Crippen LogP contribution is 2.11. The Kier molecular flexibility index (Phi) is 1.28. The van der Waals surface area contributed by atoms with E-state index in [1.165, 1.54) is 31.4 Å². The Bertz CT molecular complexity index is 101. The lowest BCUT2D eigenvalue weighted by Crippen LogP contribution is -1.90. The number of hydrogen-bond acceptors (Lipinski definition) is 0. The van der Waals surface area contributed by atoms with Crippen molar-refractivity contribution in [3.8, 4) is 0 Å². The molecule has 0 atom stereocenters. The molecular formula is C6H10N+. The molecule has 0 radical (unpaired) electrons. The van der Waals surface area contributed by atoms with Crippen molar-refractivity contribution in [1.82, 2.24) is 4.67 Å². The van der Waals surface area contributed by atoms with Gasteiger partial charge in [-0.2, -0.15) is 0 Å². The summed E-state index contributed by atoms with van der Waals surface area (Å²) in [7, 11) is 0. The van der Waals surface area contributed by atoms with Crippen LogP contribution in [-0.4, -0.2) is 12.4 Å². The second-order valence-electron chi connectivity index (χ2n) is 1.93. The van der Waals surface area contributed by atoms with Crippen LogP contribution in [-0.2, 0) is 0 Å². The molecule has 1 aliphatic rings. The topological polar surface area (TPSA) is 14.1 Å². The molecular weight excluding hydrogens is 86.1 g/mol. The Hall–Kier alpha value is -0.550. The van der Waals surface area contributed by atoms with E-state index in [1.54, 1.807) is 0 Å². The summed E-state index contributed by atoms with van der Waals surface area (Å²) in [4.78, 5) is 0. The molecule has 0 bridgehead atoms. The van der Waals surface area contributed by atoms with Gasteiger partial charge in [0, 0.05) is 12.8 Å². The summed E-state index contributed by atoms with van der Waals surface area (Å²) in [6.07, 6.45) is 5.05. The van der Waals surface area contributed by atoms with Crippen LogP contribution < -0.4 is 4.67 Å². The van der Waals surface area contributed by atoms with Crippen molar-refractivity contribution in [2.24, 2.45) is 0 Å². The predicted octanol–water partition coefficient (Wildman–Crippen LogP) is 0.769. The third kappa shape index (κ3) is 0.908. The number of rotatable bonds is 0. The first-order chi connectivity index (χ1) is 3.43. The van der Waals surface area contributed by atoms with E-state index in [-0.39, 0.29) is 0 Å². The SMILES string of the molecule is C=[N+]=C1CCCC1. The van der Waals surface area contributed by atoms with Crippen LogP contribution in [0.15, 0.2) is 0 Å². The highest BCUT2D eigenvalue weighted by atomic mass is 14.5. The summed E-state index contributed by atoms with van der Waals surface area (Å²) in [6, 6.07) is 0. The standard InChI is InChI=1S/C6H10N/c1-7-6-4-2-3-5-6/h1-5H2/q+1. The van der Waals surface area contributed by atoms with E-state index < -0.39 is 0 Å². The fourth-order valence-corrected chi connectivity index (χ4v) is 0.941. The van der Waals surface area contributed by atoms with E-state index in [4.69, 9.17) is 0 Å². The molecule has 1 nitrogen and oxygen atoms in total. The summed E-state index contributed by atoms with van der Waals surface area (Å²) < 4.78 is 3.85. The van der Waals surface area contributed by atoms with Gasteiger partial charge < -0.3 is 0 Å². The van der Waals surface area contributed by atoms with Crippen LogP contribution in [0.2, 0.25) is 0 Å². The van der Waals surface area contributed by atoms with Gasteiger partial charge in [0.05, 0.1) is 0 Å². The smallest absolute Gasteiger partial charge is 0.111 e. The molecule has 1 heteroatoms. The Balaban J connectivity index is 2.57. The normalized spacial score (nSPS) is 19.7. The average molecular weight is 96.2 g/mol. The minimum absolute atomic E-state index is 1.20. The van der Waals surface area contributed by atoms with Crippen LogP contribution in [0, 0.1) is 0 Å².